The lowest BCUT2D eigenvalue weighted by Crippen LogP contribution is -2.43. The Morgan fingerprint density at radius 2 is 1.80 bits per heavy atom. The Labute approximate surface area is 177 Å². The number of nitrogens with zero attached hydrogens (tertiary/aromatic N) is 3. The van der Waals surface area contributed by atoms with Gasteiger partial charge in [0, 0.05) is 6.54 Å². The summed E-state index contributed by atoms with van der Waals surface area (Å²) in [5.41, 5.74) is 0.812. The van der Waals surface area contributed by atoms with Crippen molar-refractivity contribution >= 4 is 34.3 Å². The van der Waals surface area contributed by atoms with Gasteiger partial charge in [0.05, 0.1) is 17.9 Å². The van der Waals surface area contributed by atoms with Crippen molar-refractivity contribution in [2.45, 2.75) is 19.4 Å². The first-order chi connectivity index (χ1) is 14.5. The summed E-state index contributed by atoms with van der Waals surface area (Å²) >= 11 is 1.27. The van der Waals surface area contributed by atoms with E-state index in [2.05, 4.69) is 33.0 Å². The maximum atomic E-state index is 13.3. The van der Waals surface area contributed by atoms with Crippen LogP contribution in [0.15, 0.2) is 42.5 Å². The second kappa shape index (κ2) is 7.32. The third-order valence-electron chi connectivity index (χ3n) is 6.20. The molecule has 2 bridgehead atoms. The molecule has 2 N–H and O–H groups in total. The van der Waals surface area contributed by atoms with E-state index in [1.54, 1.807) is 6.92 Å². The molecule has 2 aromatic rings. The van der Waals surface area contributed by atoms with E-state index in [1.165, 1.54) is 16.2 Å². The number of hydrogen-bond acceptors (Lipinski definition) is 6. The van der Waals surface area contributed by atoms with Gasteiger partial charge in [0.25, 0.3) is 0 Å². The number of likely N-dealkylation sites (tertiary alicyclic amines) is 1. The van der Waals surface area contributed by atoms with Crippen molar-refractivity contribution in [3.63, 3.8) is 0 Å². The Bertz CT molecular complexity index is 1010. The van der Waals surface area contributed by atoms with Gasteiger partial charge in [-0.05, 0) is 30.7 Å². The molecule has 9 heteroatoms. The highest BCUT2D eigenvalue weighted by molar-refractivity contribution is 7.15. The first kappa shape index (κ1) is 18.9. The predicted octanol–water partition coefficient (Wildman–Crippen LogP) is 2.52. The van der Waals surface area contributed by atoms with Gasteiger partial charge in [0.1, 0.15) is 5.01 Å². The Hall–Kier alpha value is -3.07. The molecular formula is C21H21N5O3S. The van der Waals surface area contributed by atoms with Crippen molar-refractivity contribution in [1.82, 2.24) is 20.4 Å². The van der Waals surface area contributed by atoms with E-state index in [9.17, 15) is 14.4 Å². The Kier molecular flexibility index (Phi) is 4.62. The van der Waals surface area contributed by atoms with Crippen LogP contribution in [0.1, 0.15) is 23.0 Å². The van der Waals surface area contributed by atoms with Crippen LogP contribution in [0.5, 0.6) is 0 Å². The first-order valence-electron chi connectivity index (χ1n) is 9.98. The molecule has 30 heavy (non-hydrogen) atoms. The zero-order valence-corrected chi connectivity index (χ0v) is 17.1. The Balaban J connectivity index is 1.36. The Morgan fingerprint density at radius 3 is 2.40 bits per heavy atom. The quantitative estimate of drug-likeness (QED) is 0.568. The zero-order chi connectivity index (χ0) is 20.8. The fourth-order valence-electron chi connectivity index (χ4n) is 4.94. The van der Waals surface area contributed by atoms with E-state index in [1.807, 2.05) is 30.3 Å². The fourth-order valence-corrected chi connectivity index (χ4v) is 5.53. The standard InChI is InChI=1S/C21H21N5O3S/c1-11-24-25-21(30-11)23-20(29)22-10-15(12-5-3-2-4-6-12)26-18(27)16-13-7-8-14(9-13)17(16)19(26)28/h2-8,13-17H,9-10H2,1H3,(H2,22,23,25,29). The van der Waals surface area contributed by atoms with Crippen LogP contribution < -0.4 is 10.6 Å². The number of amides is 4. The van der Waals surface area contributed by atoms with E-state index in [0.29, 0.717) is 5.13 Å². The average molecular weight is 423 g/mol. The van der Waals surface area contributed by atoms with Gasteiger partial charge >= 0.3 is 6.03 Å². The minimum atomic E-state index is -0.557. The smallest absolute Gasteiger partial charge is 0.321 e. The second-order valence-corrected chi connectivity index (χ2v) is 9.12. The number of imide groups is 1. The number of fused-ring (bicyclic) bond motifs is 5. The summed E-state index contributed by atoms with van der Waals surface area (Å²) in [4.78, 5) is 40.3. The van der Waals surface area contributed by atoms with Gasteiger partial charge in [-0.3, -0.25) is 19.8 Å². The number of carbonyl (C=O) groups is 3. The number of rotatable bonds is 5. The number of benzene rings is 1. The van der Waals surface area contributed by atoms with Gasteiger partial charge < -0.3 is 5.32 Å². The van der Waals surface area contributed by atoms with Crippen molar-refractivity contribution in [3.8, 4) is 0 Å². The maximum absolute atomic E-state index is 13.3. The lowest BCUT2D eigenvalue weighted by Gasteiger charge is -2.28. The van der Waals surface area contributed by atoms with Crippen molar-refractivity contribution in [3.05, 3.63) is 53.1 Å². The van der Waals surface area contributed by atoms with Gasteiger partial charge in [0.2, 0.25) is 16.9 Å². The van der Waals surface area contributed by atoms with Gasteiger partial charge in [0.15, 0.2) is 0 Å². The first-order valence-corrected chi connectivity index (χ1v) is 10.8. The Morgan fingerprint density at radius 1 is 1.13 bits per heavy atom. The molecule has 2 fully saturated rings. The normalized spacial score (nSPS) is 27.4. The molecule has 1 saturated heterocycles. The van der Waals surface area contributed by atoms with E-state index in [0.717, 1.165) is 17.0 Å². The molecule has 1 saturated carbocycles. The number of nitrogens with one attached hydrogen (secondary N) is 2. The highest BCUT2D eigenvalue weighted by Crippen LogP contribution is 2.53. The minimum Gasteiger partial charge on any atom is -0.335 e. The van der Waals surface area contributed by atoms with Crippen molar-refractivity contribution in [1.29, 1.82) is 0 Å². The number of aryl methyl sites for hydroxylation is 1. The summed E-state index contributed by atoms with van der Waals surface area (Å²) < 4.78 is 0. The number of carbonyl (C=O) groups excluding carboxylic acids is 3. The van der Waals surface area contributed by atoms with Gasteiger partial charge in [-0.1, -0.05) is 53.8 Å². The van der Waals surface area contributed by atoms with E-state index in [-0.39, 0.29) is 42.0 Å². The molecular weight excluding hydrogens is 402 g/mol. The SMILES string of the molecule is Cc1nnc(NC(=O)NCC(c2ccccc2)N2C(=O)C3C4C=CC(C4)C3C2=O)s1. The average Bonchev–Trinajstić information content (AvgIpc) is 3.50. The van der Waals surface area contributed by atoms with Crippen molar-refractivity contribution < 1.29 is 14.4 Å². The summed E-state index contributed by atoms with van der Waals surface area (Å²) in [5, 5.41) is 14.3. The van der Waals surface area contributed by atoms with Crippen LogP contribution in [0.3, 0.4) is 0 Å². The molecule has 5 unspecified atom stereocenters. The molecule has 1 aliphatic heterocycles. The summed E-state index contributed by atoms with van der Waals surface area (Å²) in [7, 11) is 0. The van der Waals surface area contributed by atoms with Crippen LogP contribution in [0, 0.1) is 30.6 Å². The molecule has 8 nitrogen and oxygen atoms in total. The van der Waals surface area contributed by atoms with Crippen LogP contribution in [-0.2, 0) is 9.59 Å². The van der Waals surface area contributed by atoms with E-state index < -0.39 is 12.1 Å². The summed E-state index contributed by atoms with van der Waals surface area (Å²) in [6, 6.07) is 8.35. The maximum Gasteiger partial charge on any atom is 0.321 e. The number of hydrogen-bond donors (Lipinski definition) is 2. The molecule has 0 radical (unpaired) electrons. The third kappa shape index (κ3) is 3.09. The minimum absolute atomic E-state index is 0.118. The van der Waals surface area contributed by atoms with Crippen LogP contribution in [-0.4, -0.2) is 39.5 Å². The van der Waals surface area contributed by atoms with Crippen molar-refractivity contribution in [2.24, 2.45) is 23.7 Å². The fraction of sp³-hybridized carbons (Fsp3) is 0.381. The molecule has 154 valence electrons. The molecule has 2 aliphatic carbocycles. The third-order valence-corrected chi connectivity index (χ3v) is 6.96. The number of urea groups is 1. The summed E-state index contributed by atoms with van der Waals surface area (Å²) in [6.45, 7) is 1.92. The van der Waals surface area contributed by atoms with Gasteiger partial charge in [-0.2, -0.15) is 0 Å². The number of aromatic nitrogens is 2. The molecule has 3 aliphatic rings. The molecule has 1 aromatic carbocycles. The largest absolute Gasteiger partial charge is 0.335 e. The highest BCUT2D eigenvalue weighted by atomic mass is 32.1. The van der Waals surface area contributed by atoms with Gasteiger partial charge in [-0.15, -0.1) is 10.2 Å². The predicted molar refractivity (Wildman–Crippen MR) is 110 cm³/mol. The molecule has 4 amide bonds. The molecule has 5 atom stereocenters. The monoisotopic (exact) mass is 423 g/mol. The number of anilines is 1. The second-order valence-electron chi connectivity index (χ2n) is 7.93. The number of allylic oxidation sites excluding steroid dienone is 2. The summed E-state index contributed by atoms with van der Waals surface area (Å²) in [5.74, 6) is -0.492. The van der Waals surface area contributed by atoms with Gasteiger partial charge in [-0.25, -0.2) is 4.79 Å². The topological polar surface area (TPSA) is 104 Å². The zero-order valence-electron chi connectivity index (χ0n) is 16.3. The highest BCUT2D eigenvalue weighted by Gasteiger charge is 2.60. The van der Waals surface area contributed by atoms with Crippen LogP contribution in [0.2, 0.25) is 0 Å². The molecule has 0 spiro atoms. The van der Waals surface area contributed by atoms with Crippen LogP contribution >= 0.6 is 11.3 Å². The van der Waals surface area contributed by atoms with Crippen LogP contribution in [0.4, 0.5) is 9.93 Å². The summed E-state index contributed by atoms with van der Waals surface area (Å²) in [6.07, 6.45) is 5.04. The van der Waals surface area contributed by atoms with Crippen LogP contribution in [0.25, 0.3) is 0 Å². The lowest BCUT2D eigenvalue weighted by molar-refractivity contribution is -0.143. The molecule has 5 rings (SSSR count). The molecule has 2 heterocycles. The van der Waals surface area contributed by atoms with E-state index >= 15 is 0 Å². The van der Waals surface area contributed by atoms with E-state index in [4.69, 9.17) is 0 Å². The molecule has 1 aromatic heterocycles. The van der Waals surface area contributed by atoms with Crippen molar-refractivity contribution in [2.75, 3.05) is 11.9 Å². The lowest BCUT2D eigenvalue weighted by atomic mass is 9.85.